The monoisotopic (exact) mass is 304 g/mol. The number of hydrogen-bond acceptors (Lipinski definition) is 2. The van der Waals surface area contributed by atoms with Crippen LogP contribution >= 0.6 is 0 Å². The molecule has 0 spiro atoms. The third-order valence-electron chi connectivity index (χ3n) is 4.16. The summed E-state index contributed by atoms with van der Waals surface area (Å²) in [5.41, 5.74) is 3.53. The van der Waals surface area contributed by atoms with Gasteiger partial charge in [-0.05, 0) is 51.0 Å². The fourth-order valence-electron chi connectivity index (χ4n) is 3.28. The Balaban J connectivity index is 2.26. The van der Waals surface area contributed by atoms with Crippen molar-refractivity contribution in [2.45, 2.75) is 39.8 Å². The summed E-state index contributed by atoms with van der Waals surface area (Å²) >= 11 is 0. The van der Waals surface area contributed by atoms with Gasteiger partial charge >= 0.3 is 0 Å². The maximum atomic E-state index is 4.93. The maximum absolute atomic E-state index is 4.93. The number of rotatable bonds is 4. The lowest BCUT2D eigenvalue weighted by Crippen LogP contribution is -2.37. The number of para-hydroxylation sites is 1. The van der Waals surface area contributed by atoms with Crippen LogP contribution in [-0.4, -0.2) is 17.1 Å². The lowest BCUT2D eigenvalue weighted by atomic mass is 10.0. The van der Waals surface area contributed by atoms with Gasteiger partial charge in [0.15, 0.2) is 0 Å². The maximum Gasteiger partial charge on any atom is 0.130 e. The van der Waals surface area contributed by atoms with E-state index < -0.39 is 0 Å². The van der Waals surface area contributed by atoms with E-state index in [4.69, 9.17) is 4.98 Å². The summed E-state index contributed by atoms with van der Waals surface area (Å²) in [6, 6.07) is 22.0. The van der Waals surface area contributed by atoms with Crippen molar-refractivity contribution in [1.29, 1.82) is 0 Å². The minimum absolute atomic E-state index is 0.410. The summed E-state index contributed by atoms with van der Waals surface area (Å²) < 4.78 is 0. The summed E-state index contributed by atoms with van der Waals surface area (Å²) in [5.74, 6) is 1.05. The standard InChI is InChI=1S/C21H24N2/c1-15(2)23(16(3)4)21-14-19(17-10-6-5-7-11-17)18-12-8-9-13-20(18)22-21/h5-16H,1-4H3. The zero-order valence-corrected chi connectivity index (χ0v) is 14.3. The van der Waals surface area contributed by atoms with Crippen LogP contribution in [0.2, 0.25) is 0 Å². The summed E-state index contributed by atoms with van der Waals surface area (Å²) in [5, 5.41) is 1.20. The molecular weight excluding hydrogens is 280 g/mol. The first-order chi connectivity index (χ1) is 11.1. The van der Waals surface area contributed by atoms with Gasteiger partial charge in [0.25, 0.3) is 0 Å². The first-order valence-electron chi connectivity index (χ1n) is 8.31. The Kier molecular flexibility index (Phi) is 4.33. The largest absolute Gasteiger partial charge is 0.352 e. The number of aromatic nitrogens is 1. The number of hydrogen-bond donors (Lipinski definition) is 0. The normalized spacial score (nSPS) is 11.4. The van der Waals surface area contributed by atoms with Gasteiger partial charge in [-0.3, -0.25) is 0 Å². The van der Waals surface area contributed by atoms with Crippen molar-refractivity contribution in [2.75, 3.05) is 4.90 Å². The lowest BCUT2D eigenvalue weighted by molar-refractivity contribution is 0.601. The van der Waals surface area contributed by atoms with Crippen LogP contribution < -0.4 is 4.90 Å². The minimum Gasteiger partial charge on any atom is -0.352 e. The predicted molar refractivity (Wildman–Crippen MR) is 99.9 cm³/mol. The van der Waals surface area contributed by atoms with Crippen molar-refractivity contribution in [3.8, 4) is 11.1 Å². The summed E-state index contributed by atoms with van der Waals surface area (Å²) in [7, 11) is 0. The van der Waals surface area contributed by atoms with E-state index >= 15 is 0 Å². The van der Waals surface area contributed by atoms with Crippen molar-refractivity contribution in [1.82, 2.24) is 4.98 Å². The van der Waals surface area contributed by atoms with Crippen LogP contribution in [0.3, 0.4) is 0 Å². The van der Waals surface area contributed by atoms with Crippen LogP contribution in [0, 0.1) is 0 Å². The number of benzene rings is 2. The van der Waals surface area contributed by atoms with E-state index in [0.29, 0.717) is 12.1 Å². The van der Waals surface area contributed by atoms with Crippen LogP contribution in [0.5, 0.6) is 0 Å². The molecule has 3 aromatic rings. The predicted octanol–water partition coefficient (Wildman–Crippen LogP) is 5.53. The molecule has 2 heteroatoms. The van der Waals surface area contributed by atoms with Gasteiger partial charge in [0.1, 0.15) is 5.82 Å². The second-order valence-electron chi connectivity index (χ2n) is 6.51. The van der Waals surface area contributed by atoms with E-state index in [2.05, 4.69) is 93.3 Å². The van der Waals surface area contributed by atoms with Crippen LogP contribution in [-0.2, 0) is 0 Å². The van der Waals surface area contributed by atoms with Crippen molar-refractivity contribution in [3.05, 3.63) is 60.7 Å². The van der Waals surface area contributed by atoms with Gasteiger partial charge in [0, 0.05) is 17.5 Å². The minimum atomic E-state index is 0.410. The number of pyridine rings is 1. The highest BCUT2D eigenvalue weighted by Gasteiger charge is 2.18. The molecule has 0 saturated carbocycles. The molecule has 23 heavy (non-hydrogen) atoms. The molecule has 1 aromatic heterocycles. The highest BCUT2D eigenvalue weighted by molar-refractivity contribution is 5.96. The number of nitrogens with zero attached hydrogens (tertiary/aromatic N) is 2. The Hall–Kier alpha value is -2.35. The van der Waals surface area contributed by atoms with E-state index in [1.807, 2.05) is 0 Å². The van der Waals surface area contributed by atoms with E-state index in [1.165, 1.54) is 16.5 Å². The third kappa shape index (κ3) is 3.07. The van der Waals surface area contributed by atoms with Gasteiger partial charge in [0.2, 0.25) is 0 Å². The zero-order chi connectivity index (χ0) is 16.4. The molecule has 0 aliphatic carbocycles. The lowest BCUT2D eigenvalue weighted by Gasteiger charge is -2.32. The molecule has 0 bridgehead atoms. The molecule has 118 valence electrons. The molecule has 0 aliphatic rings. The van der Waals surface area contributed by atoms with Gasteiger partial charge in [-0.15, -0.1) is 0 Å². The molecule has 0 unspecified atom stereocenters. The average Bonchev–Trinajstić information content (AvgIpc) is 2.54. The van der Waals surface area contributed by atoms with Crippen molar-refractivity contribution in [3.63, 3.8) is 0 Å². The van der Waals surface area contributed by atoms with Gasteiger partial charge in [0.05, 0.1) is 5.52 Å². The molecule has 0 amide bonds. The fraction of sp³-hybridized carbons (Fsp3) is 0.286. The quantitative estimate of drug-likeness (QED) is 0.630. The van der Waals surface area contributed by atoms with E-state index in [1.54, 1.807) is 0 Å². The molecule has 1 heterocycles. The Morgan fingerprint density at radius 3 is 2.04 bits per heavy atom. The van der Waals surface area contributed by atoms with Gasteiger partial charge in [-0.1, -0.05) is 48.5 Å². The molecule has 0 atom stereocenters. The van der Waals surface area contributed by atoms with Crippen molar-refractivity contribution < 1.29 is 0 Å². The Morgan fingerprint density at radius 1 is 0.783 bits per heavy atom. The highest BCUT2D eigenvalue weighted by Crippen LogP contribution is 2.32. The molecule has 0 aliphatic heterocycles. The summed E-state index contributed by atoms with van der Waals surface area (Å²) in [6.07, 6.45) is 0. The van der Waals surface area contributed by atoms with E-state index in [-0.39, 0.29) is 0 Å². The highest BCUT2D eigenvalue weighted by atomic mass is 15.2. The van der Waals surface area contributed by atoms with Crippen LogP contribution in [0.4, 0.5) is 5.82 Å². The molecule has 2 nitrogen and oxygen atoms in total. The fourth-order valence-corrected chi connectivity index (χ4v) is 3.28. The first kappa shape index (κ1) is 15.5. The molecule has 0 fully saturated rings. The van der Waals surface area contributed by atoms with Gasteiger partial charge in [-0.2, -0.15) is 0 Å². The molecule has 0 N–H and O–H groups in total. The SMILES string of the molecule is CC(C)N(c1cc(-c2ccccc2)c2ccccc2n1)C(C)C. The topological polar surface area (TPSA) is 16.1 Å². The van der Waals surface area contributed by atoms with Crippen LogP contribution in [0.15, 0.2) is 60.7 Å². The Morgan fingerprint density at radius 2 is 1.39 bits per heavy atom. The first-order valence-corrected chi connectivity index (χ1v) is 8.31. The van der Waals surface area contributed by atoms with Crippen LogP contribution in [0.1, 0.15) is 27.7 Å². The molecule has 0 saturated heterocycles. The number of anilines is 1. The Bertz CT molecular complexity index is 783. The van der Waals surface area contributed by atoms with Gasteiger partial charge in [-0.25, -0.2) is 4.98 Å². The molecule has 3 rings (SSSR count). The second kappa shape index (κ2) is 6.41. The van der Waals surface area contributed by atoms with Gasteiger partial charge < -0.3 is 4.90 Å². The zero-order valence-electron chi connectivity index (χ0n) is 14.3. The van der Waals surface area contributed by atoms with Crippen molar-refractivity contribution >= 4 is 16.7 Å². The van der Waals surface area contributed by atoms with Crippen LogP contribution in [0.25, 0.3) is 22.0 Å². The van der Waals surface area contributed by atoms with Crippen molar-refractivity contribution in [2.24, 2.45) is 0 Å². The number of fused-ring (bicyclic) bond motifs is 1. The Labute approximate surface area is 138 Å². The molecule has 2 aromatic carbocycles. The summed E-state index contributed by atoms with van der Waals surface area (Å²) in [4.78, 5) is 7.30. The van der Waals surface area contributed by atoms with E-state index in [9.17, 15) is 0 Å². The smallest absolute Gasteiger partial charge is 0.130 e. The average molecular weight is 304 g/mol. The second-order valence-corrected chi connectivity index (χ2v) is 6.51. The molecule has 0 radical (unpaired) electrons. The third-order valence-corrected chi connectivity index (χ3v) is 4.16. The summed E-state index contributed by atoms with van der Waals surface area (Å²) in [6.45, 7) is 8.89. The van der Waals surface area contributed by atoms with E-state index in [0.717, 1.165) is 11.3 Å². The molecular formula is C21H24N2.